The van der Waals surface area contributed by atoms with Crippen molar-refractivity contribution < 1.29 is 14.7 Å². The van der Waals surface area contributed by atoms with Gasteiger partial charge in [0.25, 0.3) is 0 Å². The zero-order valence-corrected chi connectivity index (χ0v) is 9.30. The van der Waals surface area contributed by atoms with Crippen LogP contribution in [0.25, 0.3) is 0 Å². The summed E-state index contributed by atoms with van der Waals surface area (Å²) in [6, 6.07) is 0.867. The maximum absolute atomic E-state index is 11.6. The van der Waals surface area contributed by atoms with Crippen LogP contribution in [0, 0.1) is 0 Å². The number of carbonyl (C=O) groups excluding carboxylic acids is 1. The van der Waals surface area contributed by atoms with Gasteiger partial charge < -0.3 is 10.4 Å². The Labute approximate surface area is 93.3 Å². The molecule has 16 heavy (non-hydrogen) atoms. The fourth-order valence-corrected chi connectivity index (χ4v) is 1.18. The first-order valence-electron chi connectivity index (χ1n) is 5.12. The van der Waals surface area contributed by atoms with Crippen LogP contribution in [0.4, 0.5) is 0 Å². The van der Waals surface area contributed by atoms with E-state index in [2.05, 4.69) is 10.4 Å². The molecule has 0 radical (unpaired) electrons. The first-order valence-corrected chi connectivity index (χ1v) is 5.12. The molecule has 0 saturated carbocycles. The number of nitrogens with one attached hydrogen (secondary N) is 1. The van der Waals surface area contributed by atoms with E-state index in [0.29, 0.717) is 6.54 Å². The molecule has 0 fully saturated rings. The summed E-state index contributed by atoms with van der Waals surface area (Å²) in [4.78, 5) is 22.2. The van der Waals surface area contributed by atoms with Crippen molar-refractivity contribution in [3.8, 4) is 0 Å². The molecule has 88 valence electrons. The Morgan fingerprint density at radius 3 is 2.81 bits per heavy atom. The highest BCUT2D eigenvalue weighted by molar-refractivity contribution is 5.85. The number of aromatic nitrogens is 2. The third-order valence-electron chi connectivity index (χ3n) is 2.15. The average Bonchev–Trinajstić information content (AvgIpc) is 2.74. The molecule has 0 saturated heterocycles. The molecule has 0 aromatic carbocycles. The van der Waals surface area contributed by atoms with E-state index in [-0.39, 0.29) is 11.6 Å². The Morgan fingerprint density at radius 1 is 1.62 bits per heavy atom. The third kappa shape index (κ3) is 2.82. The second-order valence-corrected chi connectivity index (χ2v) is 3.45. The molecule has 0 bridgehead atoms. The maximum Gasteiger partial charge on any atom is 0.356 e. The Bertz CT molecular complexity index is 386. The smallest absolute Gasteiger partial charge is 0.356 e. The molecule has 0 aliphatic rings. The summed E-state index contributed by atoms with van der Waals surface area (Å²) in [5.41, 5.74) is -0.0601. The Kier molecular flexibility index (Phi) is 4.04. The van der Waals surface area contributed by atoms with Gasteiger partial charge in [0.2, 0.25) is 5.91 Å². The lowest BCUT2D eigenvalue weighted by Gasteiger charge is -2.11. The standard InChI is InChI=1S/C10H15N3O3/c1-3-5-11-9(14)7(2)13-6-4-8(12-13)10(15)16/h4,6-7H,3,5H2,1-2H3,(H,11,14)(H,15,16). The summed E-state index contributed by atoms with van der Waals surface area (Å²) in [6.45, 7) is 4.24. The Balaban J connectivity index is 2.68. The molecule has 1 aromatic rings. The van der Waals surface area contributed by atoms with Crippen molar-refractivity contribution in [3.63, 3.8) is 0 Å². The van der Waals surface area contributed by atoms with E-state index >= 15 is 0 Å². The molecule has 1 unspecified atom stereocenters. The molecule has 1 rings (SSSR count). The van der Waals surface area contributed by atoms with E-state index in [0.717, 1.165) is 6.42 Å². The number of carbonyl (C=O) groups is 2. The summed E-state index contributed by atoms with van der Waals surface area (Å²) >= 11 is 0. The minimum atomic E-state index is -1.10. The van der Waals surface area contributed by atoms with Crippen molar-refractivity contribution in [1.82, 2.24) is 15.1 Å². The SMILES string of the molecule is CCCNC(=O)C(C)n1ccc(C(=O)O)n1. The van der Waals surface area contributed by atoms with Crippen molar-refractivity contribution >= 4 is 11.9 Å². The van der Waals surface area contributed by atoms with Crippen LogP contribution in [-0.4, -0.2) is 33.3 Å². The molecular weight excluding hydrogens is 210 g/mol. The molecule has 0 spiro atoms. The van der Waals surface area contributed by atoms with Crippen LogP contribution in [-0.2, 0) is 4.79 Å². The highest BCUT2D eigenvalue weighted by atomic mass is 16.4. The van der Waals surface area contributed by atoms with Gasteiger partial charge >= 0.3 is 5.97 Å². The molecule has 0 aliphatic carbocycles. The molecule has 1 aromatic heterocycles. The molecule has 2 N–H and O–H groups in total. The average molecular weight is 225 g/mol. The van der Waals surface area contributed by atoms with Gasteiger partial charge in [0, 0.05) is 12.7 Å². The molecular formula is C10H15N3O3. The van der Waals surface area contributed by atoms with Crippen molar-refractivity contribution in [2.75, 3.05) is 6.54 Å². The van der Waals surface area contributed by atoms with E-state index in [1.54, 1.807) is 6.92 Å². The number of aromatic carboxylic acids is 1. The molecule has 1 heterocycles. The highest BCUT2D eigenvalue weighted by Crippen LogP contribution is 2.05. The monoisotopic (exact) mass is 225 g/mol. The van der Waals surface area contributed by atoms with Gasteiger partial charge in [-0.15, -0.1) is 0 Å². The van der Waals surface area contributed by atoms with Gasteiger partial charge in [-0.1, -0.05) is 6.92 Å². The first kappa shape index (κ1) is 12.2. The minimum absolute atomic E-state index is 0.0601. The van der Waals surface area contributed by atoms with Crippen LogP contribution in [0.2, 0.25) is 0 Å². The van der Waals surface area contributed by atoms with Crippen LogP contribution in [0.15, 0.2) is 12.3 Å². The van der Waals surface area contributed by atoms with E-state index in [1.165, 1.54) is 16.9 Å². The summed E-state index contributed by atoms with van der Waals surface area (Å²) < 4.78 is 1.34. The quantitative estimate of drug-likeness (QED) is 0.771. The van der Waals surface area contributed by atoms with Crippen LogP contribution in [0.5, 0.6) is 0 Å². The molecule has 6 heteroatoms. The summed E-state index contributed by atoms with van der Waals surface area (Å²) in [7, 11) is 0. The number of amides is 1. The van der Waals surface area contributed by atoms with E-state index < -0.39 is 12.0 Å². The summed E-state index contributed by atoms with van der Waals surface area (Å²) in [5, 5.41) is 15.2. The predicted molar refractivity (Wildman–Crippen MR) is 57.2 cm³/mol. The van der Waals surface area contributed by atoms with Gasteiger partial charge in [0.1, 0.15) is 6.04 Å². The minimum Gasteiger partial charge on any atom is -0.476 e. The lowest BCUT2D eigenvalue weighted by molar-refractivity contribution is -0.124. The normalized spacial score (nSPS) is 12.1. The second-order valence-electron chi connectivity index (χ2n) is 3.45. The van der Waals surface area contributed by atoms with E-state index in [1.807, 2.05) is 6.92 Å². The Hall–Kier alpha value is -1.85. The molecule has 6 nitrogen and oxygen atoms in total. The predicted octanol–water partition coefficient (Wildman–Crippen LogP) is 0.668. The molecule has 1 atom stereocenters. The van der Waals surface area contributed by atoms with E-state index in [4.69, 9.17) is 5.11 Å². The molecule has 0 aliphatic heterocycles. The lowest BCUT2D eigenvalue weighted by atomic mass is 10.3. The summed E-state index contributed by atoms with van der Waals surface area (Å²) in [5.74, 6) is -1.26. The fraction of sp³-hybridized carbons (Fsp3) is 0.500. The number of hydrogen-bond acceptors (Lipinski definition) is 3. The van der Waals surface area contributed by atoms with Crippen LogP contribution in [0.3, 0.4) is 0 Å². The van der Waals surface area contributed by atoms with Crippen molar-refractivity contribution in [1.29, 1.82) is 0 Å². The summed E-state index contributed by atoms with van der Waals surface area (Å²) in [6.07, 6.45) is 2.34. The van der Waals surface area contributed by atoms with Gasteiger partial charge in [-0.2, -0.15) is 5.10 Å². The van der Waals surface area contributed by atoms with Crippen molar-refractivity contribution in [2.24, 2.45) is 0 Å². The maximum atomic E-state index is 11.6. The topological polar surface area (TPSA) is 84.2 Å². The van der Waals surface area contributed by atoms with E-state index in [9.17, 15) is 9.59 Å². The van der Waals surface area contributed by atoms with Crippen LogP contribution >= 0.6 is 0 Å². The Morgan fingerprint density at radius 2 is 2.31 bits per heavy atom. The van der Waals surface area contributed by atoms with Gasteiger partial charge in [-0.05, 0) is 19.4 Å². The van der Waals surface area contributed by atoms with Crippen LogP contribution < -0.4 is 5.32 Å². The first-order chi connectivity index (χ1) is 7.56. The number of hydrogen-bond donors (Lipinski definition) is 2. The lowest BCUT2D eigenvalue weighted by Crippen LogP contribution is -2.31. The third-order valence-corrected chi connectivity index (χ3v) is 2.15. The van der Waals surface area contributed by atoms with Crippen molar-refractivity contribution in [3.05, 3.63) is 18.0 Å². The second kappa shape index (κ2) is 5.29. The zero-order chi connectivity index (χ0) is 12.1. The molecule has 1 amide bonds. The number of rotatable bonds is 5. The number of carboxylic acids is 1. The van der Waals surface area contributed by atoms with Crippen molar-refractivity contribution in [2.45, 2.75) is 26.3 Å². The van der Waals surface area contributed by atoms with Gasteiger partial charge in [0.05, 0.1) is 0 Å². The largest absolute Gasteiger partial charge is 0.476 e. The number of carboxylic acid groups (broad SMARTS) is 1. The van der Waals surface area contributed by atoms with Crippen LogP contribution in [0.1, 0.15) is 36.8 Å². The highest BCUT2D eigenvalue weighted by Gasteiger charge is 2.16. The van der Waals surface area contributed by atoms with Gasteiger partial charge in [0.15, 0.2) is 5.69 Å². The fourth-order valence-electron chi connectivity index (χ4n) is 1.18. The zero-order valence-electron chi connectivity index (χ0n) is 9.30. The van der Waals surface area contributed by atoms with Gasteiger partial charge in [-0.3, -0.25) is 9.48 Å². The number of nitrogens with zero attached hydrogens (tertiary/aromatic N) is 2. The van der Waals surface area contributed by atoms with Gasteiger partial charge in [-0.25, -0.2) is 4.79 Å².